The van der Waals surface area contributed by atoms with Crippen molar-refractivity contribution in [2.45, 2.75) is 264 Å². The van der Waals surface area contributed by atoms with Crippen molar-refractivity contribution in [3.05, 3.63) is 219 Å². The van der Waals surface area contributed by atoms with Gasteiger partial charge in [-0.05, 0) is 173 Å². The number of carbonyl (C=O) groups is 4. The van der Waals surface area contributed by atoms with E-state index in [1.54, 1.807) is 0 Å². The summed E-state index contributed by atoms with van der Waals surface area (Å²) < 4.78 is 68.4. The summed E-state index contributed by atoms with van der Waals surface area (Å²) in [5, 5.41) is 10.6. The van der Waals surface area contributed by atoms with E-state index in [-0.39, 0.29) is 25.7 Å². The second-order valence-electron chi connectivity index (χ2n) is 24.8. The van der Waals surface area contributed by atoms with Crippen molar-refractivity contribution >= 4 is 39.5 Å². The molecule has 5 atom stereocenters. The van der Waals surface area contributed by atoms with E-state index in [0.29, 0.717) is 38.5 Å². The van der Waals surface area contributed by atoms with E-state index in [4.69, 9.17) is 37.0 Å². The number of rotatable bonds is 70. The van der Waals surface area contributed by atoms with Crippen LogP contribution < -0.4 is 0 Å². The molecule has 0 aliphatic heterocycles. The number of phosphoric ester groups is 2. The second kappa shape index (κ2) is 76.6. The molecule has 0 aromatic rings. The molecule has 594 valence electrons. The zero-order valence-corrected chi connectivity index (χ0v) is 66.5. The summed E-state index contributed by atoms with van der Waals surface area (Å²) in [6, 6.07) is 0. The minimum Gasteiger partial charge on any atom is -0.462 e. The minimum absolute atomic E-state index is 0.0107. The van der Waals surface area contributed by atoms with Crippen LogP contribution in [0.4, 0.5) is 0 Å². The van der Waals surface area contributed by atoms with Crippen LogP contribution in [0.3, 0.4) is 0 Å². The number of hydrogen-bond acceptors (Lipinski definition) is 15. The first-order chi connectivity index (χ1) is 51.7. The molecule has 0 aromatic heterocycles. The molecule has 0 saturated heterocycles. The average Bonchev–Trinajstić information content (AvgIpc) is 0.902. The monoisotopic (exact) mass is 1510 g/mol. The van der Waals surface area contributed by atoms with Crippen LogP contribution in [0, 0.1) is 0 Å². The van der Waals surface area contributed by atoms with Crippen LogP contribution in [0.1, 0.15) is 246 Å². The maximum atomic E-state index is 13.1. The molecular formula is C87H134O17P2. The standard InChI is InChI=1S/C87H134O17P2/c1-5-9-13-17-21-25-29-33-37-39-40-42-45-48-52-56-60-64-68-72-85(90)98-78-83(104-87(92)74-70-66-62-58-54-50-46-41-38-34-30-26-22-18-14-10-6-2)80-102-106(95,96)100-76-81(88)75-99-105(93,94)101-79-82(103-86(91)73-69-65-61-57-53-49-44-36-32-28-24-20-16-12-8-4)77-97-84(89)71-67-63-59-55-51-47-43-35-31-27-23-19-15-11-7-3/h9-16,21-28,33-38,40,42-44,46,48,50-52,55,58,60,62,64,81-83,88H,5-8,17-20,29-32,39,41,45,47,49,53-54,56-57,59,61,63,65-80H2,1-4H3,(H,93,94)(H,95,96)/b13-9-,14-10-,15-11-,16-12-,25-21-,26-22-,27-23-,28-24-,37-33-,38-34-,42-40-,43-35-,44-36-,50-46-,52-48-,55-51-,62-58-,64-60-. The van der Waals surface area contributed by atoms with Gasteiger partial charge in [-0.15, -0.1) is 0 Å². The number of ether oxygens (including phenoxy) is 4. The predicted octanol–water partition coefficient (Wildman–Crippen LogP) is 22.9. The summed E-state index contributed by atoms with van der Waals surface area (Å²) in [5.74, 6) is -2.44. The Hall–Kier alpha value is -6.62. The van der Waals surface area contributed by atoms with Crippen molar-refractivity contribution in [2.24, 2.45) is 0 Å². The Morgan fingerprint density at radius 3 is 0.821 bits per heavy atom. The SMILES string of the molecule is CC/C=C\C/C=C\C/C=C\C/C=C\C/C=C\C/C=C\CCC(=O)OCC(COP(=O)(O)OCC(O)COP(=O)(O)OCC(COC(=O)CCCC/C=C\C/C=C\C/C=C\C/C=C\CC)OC(=O)CCCCCCC/C=C\C/C=C\C/C=C\CC)OC(=O)CCC/C=C\C/C=C\C/C=C\C/C=C\C/C=C\CC. The van der Waals surface area contributed by atoms with Gasteiger partial charge >= 0.3 is 39.5 Å². The quantitative estimate of drug-likeness (QED) is 0.0169. The number of carbonyl (C=O) groups excluding carboxylic acids is 4. The first-order valence-corrected chi connectivity index (χ1v) is 42.0. The van der Waals surface area contributed by atoms with Crippen LogP contribution in [0.5, 0.6) is 0 Å². The Kier molecular flexibility index (Phi) is 71.8. The predicted molar refractivity (Wildman–Crippen MR) is 435 cm³/mol. The fraction of sp³-hybridized carbons (Fsp3) is 0.540. The maximum absolute atomic E-state index is 13.1. The van der Waals surface area contributed by atoms with Crippen LogP contribution in [-0.4, -0.2) is 96.7 Å². The number of phosphoric acid groups is 2. The second-order valence-corrected chi connectivity index (χ2v) is 27.7. The maximum Gasteiger partial charge on any atom is 0.472 e. The molecular weight excluding hydrogens is 1380 g/mol. The number of allylic oxidation sites excluding steroid dienone is 36. The highest BCUT2D eigenvalue weighted by molar-refractivity contribution is 7.47. The van der Waals surface area contributed by atoms with Crippen molar-refractivity contribution in [1.82, 2.24) is 0 Å². The summed E-state index contributed by atoms with van der Waals surface area (Å²) in [7, 11) is -10.0. The molecule has 0 bridgehead atoms. The Morgan fingerprint density at radius 2 is 0.491 bits per heavy atom. The fourth-order valence-corrected chi connectivity index (χ4v) is 10.7. The van der Waals surface area contributed by atoms with Gasteiger partial charge in [0.15, 0.2) is 12.2 Å². The largest absolute Gasteiger partial charge is 0.472 e. The van der Waals surface area contributed by atoms with Gasteiger partial charge in [0, 0.05) is 25.7 Å². The topological polar surface area (TPSA) is 237 Å². The van der Waals surface area contributed by atoms with Gasteiger partial charge in [0.05, 0.1) is 26.4 Å². The van der Waals surface area contributed by atoms with E-state index in [1.807, 2.05) is 30.4 Å². The van der Waals surface area contributed by atoms with Crippen LogP contribution in [0.2, 0.25) is 0 Å². The molecule has 0 heterocycles. The van der Waals surface area contributed by atoms with E-state index >= 15 is 0 Å². The van der Waals surface area contributed by atoms with Crippen LogP contribution in [0.15, 0.2) is 219 Å². The summed E-state index contributed by atoms with van der Waals surface area (Å²) in [6.07, 6.45) is 96.7. The number of aliphatic hydroxyl groups excluding tert-OH is 1. The highest BCUT2D eigenvalue weighted by atomic mass is 31.2. The van der Waals surface area contributed by atoms with Crippen LogP contribution in [-0.2, 0) is 65.4 Å². The van der Waals surface area contributed by atoms with Gasteiger partial charge in [-0.2, -0.15) is 0 Å². The number of hydrogen-bond donors (Lipinski definition) is 3. The van der Waals surface area contributed by atoms with Gasteiger partial charge in [0.2, 0.25) is 0 Å². The molecule has 3 N–H and O–H groups in total. The van der Waals surface area contributed by atoms with E-state index in [2.05, 4.69) is 216 Å². The van der Waals surface area contributed by atoms with Crippen LogP contribution in [0.25, 0.3) is 0 Å². The fourth-order valence-electron chi connectivity index (χ4n) is 9.17. The molecule has 0 aliphatic rings. The van der Waals surface area contributed by atoms with Gasteiger partial charge in [0.25, 0.3) is 0 Å². The zero-order chi connectivity index (χ0) is 77.4. The van der Waals surface area contributed by atoms with Gasteiger partial charge < -0.3 is 33.8 Å². The Balaban J connectivity index is 5.57. The van der Waals surface area contributed by atoms with E-state index < -0.39 is 97.5 Å². The Morgan fingerprint density at radius 1 is 0.264 bits per heavy atom. The first kappa shape index (κ1) is 99.4. The Labute approximate surface area is 639 Å². The van der Waals surface area contributed by atoms with E-state index in [0.717, 1.165) is 154 Å². The van der Waals surface area contributed by atoms with Crippen molar-refractivity contribution in [1.29, 1.82) is 0 Å². The van der Waals surface area contributed by atoms with Gasteiger partial charge in [-0.1, -0.05) is 266 Å². The summed E-state index contributed by atoms with van der Waals surface area (Å²) in [6.45, 7) is 4.14. The molecule has 0 fully saturated rings. The molecule has 0 saturated carbocycles. The molecule has 5 unspecified atom stereocenters. The molecule has 0 aromatic carbocycles. The number of unbranched alkanes of at least 4 members (excludes halogenated alkanes) is 8. The highest BCUT2D eigenvalue weighted by Crippen LogP contribution is 2.45. The van der Waals surface area contributed by atoms with Crippen molar-refractivity contribution in [2.75, 3.05) is 39.6 Å². The van der Waals surface area contributed by atoms with Crippen molar-refractivity contribution in [3.63, 3.8) is 0 Å². The van der Waals surface area contributed by atoms with Crippen molar-refractivity contribution < 1.29 is 80.2 Å². The molecule has 0 spiro atoms. The molecule has 17 nitrogen and oxygen atoms in total. The smallest absolute Gasteiger partial charge is 0.462 e. The van der Waals surface area contributed by atoms with Gasteiger partial charge in [0.1, 0.15) is 19.3 Å². The minimum atomic E-state index is -5.03. The normalized spacial score (nSPS) is 15.0. The summed E-state index contributed by atoms with van der Waals surface area (Å²) >= 11 is 0. The van der Waals surface area contributed by atoms with E-state index in [1.165, 1.54) is 0 Å². The van der Waals surface area contributed by atoms with Crippen LogP contribution >= 0.6 is 15.6 Å². The lowest BCUT2D eigenvalue weighted by molar-refractivity contribution is -0.161. The molecule has 0 amide bonds. The first-order valence-electron chi connectivity index (χ1n) is 39.0. The molecule has 19 heteroatoms. The number of aliphatic hydroxyl groups is 1. The average molecular weight is 1510 g/mol. The Bertz CT molecular complexity index is 2880. The molecule has 0 aliphatic carbocycles. The van der Waals surface area contributed by atoms with Gasteiger partial charge in [-0.25, -0.2) is 9.13 Å². The lowest BCUT2D eigenvalue weighted by atomic mass is 10.1. The third-order valence-corrected chi connectivity index (χ3v) is 16.8. The third kappa shape index (κ3) is 75.6. The molecule has 106 heavy (non-hydrogen) atoms. The molecule has 0 radical (unpaired) electrons. The summed E-state index contributed by atoms with van der Waals surface area (Å²) in [4.78, 5) is 72.9. The third-order valence-electron chi connectivity index (χ3n) is 14.9. The van der Waals surface area contributed by atoms with Gasteiger partial charge in [-0.3, -0.25) is 37.3 Å². The summed E-state index contributed by atoms with van der Waals surface area (Å²) in [5.41, 5.74) is 0. The highest BCUT2D eigenvalue weighted by Gasteiger charge is 2.30. The lowest BCUT2D eigenvalue weighted by Gasteiger charge is -2.21. The van der Waals surface area contributed by atoms with Crippen molar-refractivity contribution in [3.8, 4) is 0 Å². The zero-order valence-electron chi connectivity index (χ0n) is 64.8. The lowest BCUT2D eigenvalue weighted by Crippen LogP contribution is -2.30. The molecule has 0 rings (SSSR count). The van der Waals surface area contributed by atoms with E-state index in [9.17, 15) is 43.2 Å². The number of esters is 4.